The molecule has 10 nitrogen and oxygen atoms in total. The third-order valence-corrected chi connectivity index (χ3v) is 8.82. The van der Waals surface area contributed by atoms with E-state index in [1.807, 2.05) is 42.5 Å². The van der Waals surface area contributed by atoms with Crippen LogP contribution in [0.4, 0.5) is 13.2 Å². The van der Waals surface area contributed by atoms with Gasteiger partial charge in [-0.3, -0.25) is 14.6 Å². The molecule has 0 spiro atoms. The van der Waals surface area contributed by atoms with Crippen LogP contribution in [0.1, 0.15) is 41.0 Å². The number of pyridine rings is 1. The number of halogens is 3. The molecule has 2 aromatic heterocycles. The van der Waals surface area contributed by atoms with Crippen molar-refractivity contribution in [3.05, 3.63) is 83.2 Å². The van der Waals surface area contributed by atoms with Crippen LogP contribution >= 0.6 is 0 Å². The molecule has 13 heteroatoms. The van der Waals surface area contributed by atoms with Gasteiger partial charge in [-0.25, -0.2) is 4.68 Å². The van der Waals surface area contributed by atoms with Crippen LogP contribution < -0.4 is 15.4 Å². The molecule has 2 aromatic carbocycles. The predicted molar refractivity (Wildman–Crippen MR) is 159 cm³/mol. The lowest BCUT2D eigenvalue weighted by Crippen LogP contribution is -2.51. The lowest BCUT2D eigenvalue weighted by Gasteiger charge is -2.27. The van der Waals surface area contributed by atoms with E-state index in [2.05, 4.69) is 25.9 Å². The van der Waals surface area contributed by atoms with Crippen molar-refractivity contribution in [1.29, 1.82) is 0 Å². The van der Waals surface area contributed by atoms with Gasteiger partial charge >= 0.3 is 6.18 Å². The summed E-state index contributed by atoms with van der Waals surface area (Å²) in [5.74, 6) is -0.344. The van der Waals surface area contributed by atoms with E-state index in [9.17, 15) is 22.8 Å². The second-order valence-corrected chi connectivity index (χ2v) is 11.8. The molecule has 2 aliphatic heterocycles. The van der Waals surface area contributed by atoms with E-state index in [-0.39, 0.29) is 42.8 Å². The SMILES string of the molecule is COc1ccc(C[C@@H]2C[C@@H](C(=O)NCc3ccc4c(c3)nnn4C)N(C(=O)[C@H]3CC(c4cnccc4C(F)(F)F)CN3)C2)cc1. The Hall–Kier alpha value is -4.52. The normalized spacial score (nSPS) is 21.8. The van der Waals surface area contributed by atoms with Crippen LogP contribution in [0, 0.1) is 5.92 Å². The minimum Gasteiger partial charge on any atom is -0.497 e. The molecule has 2 N–H and O–H groups in total. The molecule has 2 aliphatic rings. The first-order valence-electron chi connectivity index (χ1n) is 14.8. The highest BCUT2D eigenvalue weighted by molar-refractivity contribution is 5.91. The van der Waals surface area contributed by atoms with Crippen molar-refractivity contribution in [3.63, 3.8) is 0 Å². The maximum Gasteiger partial charge on any atom is 0.416 e. The Bertz CT molecular complexity index is 1690. The first-order valence-corrected chi connectivity index (χ1v) is 14.8. The van der Waals surface area contributed by atoms with E-state index in [4.69, 9.17) is 4.74 Å². The smallest absolute Gasteiger partial charge is 0.416 e. The van der Waals surface area contributed by atoms with Crippen molar-refractivity contribution in [2.24, 2.45) is 13.0 Å². The maximum atomic E-state index is 13.9. The molecule has 4 aromatic rings. The zero-order chi connectivity index (χ0) is 31.7. The van der Waals surface area contributed by atoms with E-state index in [1.54, 1.807) is 23.7 Å². The van der Waals surface area contributed by atoms with Gasteiger partial charge in [0.15, 0.2) is 0 Å². The molecule has 0 aliphatic carbocycles. The molecule has 1 unspecified atom stereocenters. The number of ether oxygens (including phenoxy) is 1. The van der Waals surface area contributed by atoms with Gasteiger partial charge in [-0.05, 0) is 72.2 Å². The van der Waals surface area contributed by atoms with Gasteiger partial charge in [0.2, 0.25) is 11.8 Å². The van der Waals surface area contributed by atoms with Crippen LogP contribution in [0.5, 0.6) is 5.75 Å². The molecule has 0 saturated carbocycles. The molecule has 4 heterocycles. The van der Waals surface area contributed by atoms with Gasteiger partial charge in [0.1, 0.15) is 17.3 Å². The minimum atomic E-state index is -4.52. The van der Waals surface area contributed by atoms with Gasteiger partial charge in [0.05, 0.1) is 24.2 Å². The number of nitrogens with zero attached hydrogens (tertiary/aromatic N) is 5. The lowest BCUT2D eigenvalue weighted by molar-refractivity contribution is -0.139. The Kier molecular flexibility index (Phi) is 8.45. The van der Waals surface area contributed by atoms with Gasteiger partial charge in [-0.2, -0.15) is 13.2 Å². The molecule has 45 heavy (non-hydrogen) atoms. The van der Waals surface area contributed by atoms with Crippen molar-refractivity contribution >= 4 is 22.8 Å². The van der Waals surface area contributed by atoms with Crippen molar-refractivity contribution in [2.45, 2.75) is 50.0 Å². The number of benzene rings is 2. The third-order valence-electron chi connectivity index (χ3n) is 8.82. The molecular formula is C32H34F3N7O3. The number of amides is 2. The number of likely N-dealkylation sites (tertiary alicyclic amines) is 1. The molecule has 0 bridgehead atoms. The number of rotatable bonds is 8. The van der Waals surface area contributed by atoms with Crippen LogP contribution in [-0.2, 0) is 35.8 Å². The monoisotopic (exact) mass is 621 g/mol. The van der Waals surface area contributed by atoms with Gasteiger partial charge in [-0.15, -0.1) is 5.10 Å². The van der Waals surface area contributed by atoms with Gasteiger partial charge in [0, 0.05) is 45.0 Å². The van der Waals surface area contributed by atoms with E-state index in [0.717, 1.165) is 34.7 Å². The summed E-state index contributed by atoms with van der Waals surface area (Å²) in [5.41, 5.74) is 2.82. The lowest BCUT2D eigenvalue weighted by atomic mass is 9.93. The van der Waals surface area contributed by atoms with Crippen LogP contribution in [0.25, 0.3) is 11.0 Å². The van der Waals surface area contributed by atoms with E-state index < -0.39 is 29.7 Å². The van der Waals surface area contributed by atoms with Crippen molar-refractivity contribution in [2.75, 3.05) is 20.2 Å². The Morgan fingerprint density at radius 3 is 2.62 bits per heavy atom. The summed E-state index contributed by atoms with van der Waals surface area (Å²) in [6.07, 6.45) is -0.864. The summed E-state index contributed by atoms with van der Waals surface area (Å²) in [6.45, 7) is 0.812. The molecular weight excluding hydrogens is 587 g/mol. The zero-order valence-electron chi connectivity index (χ0n) is 24.9. The summed E-state index contributed by atoms with van der Waals surface area (Å²) >= 11 is 0. The molecule has 0 radical (unpaired) electrons. The fraction of sp³-hybridized carbons (Fsp3) is 0.406. The van der Waals surface area contributed by atoms with E-state index in [0.29, 0.717) is 24.9 Å². The number of aromatic nitrogens is 4. The van der Waals surface area contributed by atoms with Gasteiger partial charge in [0.25, 0.3) is 0 Å². The summed E-state index contributed by atoms with van der Waals surface area (Å²) in [6, 6.07) is 12.9. The number of carbonyl (C=O) groups is 2. The second-order valence-electron chi connectivity index (χ2n) is 11.8. The van der Waals surface area contributed by atoms with E-state index in [1.165, 1.54) is 6.20 Å². The standard InChI is InChI=1S/C32H34F3N7O3/c1-41-28-8-5-20(12-26(28)39-40-41)15-38-30(43)29-13-21(11-19-3-6-23(45-2)7-4-19)18-42(29)31(44)27-14-22(16-37-27)24-17-36-10-9-25(24)32(33,34)35/h3-10,12,17,21-22,27,29,37H,11,13-16,18H2,1-2H3,(H,38,43)/t21-,22?,27-,29+/m1/s1. The summed E-state index contributed by atoms with van der Waals surface area (Å²) in [7, 11) is 3.40. The van der Waals surface area contributed by atoms with Gasteiger partial charge < -0.3 is 20.3 Å². The summed E-state index contributed by atoms with van der Waals surface area (Å²) < 4.78 is 48.0. The number of nitrogens with one attached hydrogen (secondary N) is 2. The zero-order valence-corrected chi connectivity index (χ0v) is 24.9. The largest absolute Gasteiger partial charge is 0.497 e. The Balaban J connectivity index is 1.18. The highest BCUT2D eigenvalue weighted by Gasteiger charge is 2.44. The molecule has 2 saturated heterocycles. The quantitative estimate of drug-likeness (QED) is 0.309. The van der Waals surface area contributed by atoms with Crippen LogP contribution in [0.2, 0.25) is 0 Å². The van der Waals surface area contributed by atoms with Crippen molar-refractivity contribution in [3.8, 4) is 5.75 Å². The average molecular weight is 622 g/mol. The summed E-state index contributed by atoms with van der Waals surface area (Å²) in [5, 5.41) is 14.3. The fourth-order valence-electron chi connectivity index (χ4n) is 6.51. The molecule has 236 valence electrons. The Labute approximate surface area is 257 Å². The predicted octanol–water partition coefficient (Wildman–Crippen LogP) is 3.61. The molecule has 2 fully saturated rings. The first-order chi connectivity index (χ1) is 21.6. The Morgan fingerprint density at radius 1 is 1.09 bits per heavy atom. The van der Waals surface area contributed by atoms with Crippen LogP contribution in [0.3, 0.4) is 0 Å². The number of aryl methyl sites for hydroxylation is 1. The number of fused-ring (bicyclic) bond motifs is 1. The van der Waals surface area contributed by atoms with Crippen LogP contribution in [-0.4, -0.2) is 69.0 Å². The fourth-order valence-corrected chi connectivity index (χ4v) is 6.51. The number of hydrogen-bond donors (Lipinski definition) is 2. The van der Waals surface area contributed by atoms with Crippen molar-refractivity contribution < 1.29 is 27.5 Å². The number of hydrogen-bond acceptors (Lipinski definition) is 7. The molecule has 6 rings (SSSR count). The number of methoxy groups -OCH3 is 1. The second kappa shape index (κ2) is 12.5. The number of carbonyl (C=O) groups excluding carboxylic acids is 2. The summed E-state index contributed by atoms with van der Waals surface area (Å²) in [4.78, 5) is 33.1. The third kappa shape index (κ3) is 6.48. The van der Waals surface area contributed by atoms with Crippen molar-refractivity contribution in [1.82, 2.24) is 35.5 Å². The minimum absolute atomic E-state index is 0.0152. The Morgan fingerprint density at radius 2 is 1.87 bits per heavy atom. The van der Waals surface area contributed by atoms with E-state index >= 15 is 0 Å². The highest BCUT2D eigenvalue weighted by Crippen LogP contribution is 2.38. The average Bonchev–Trinajstić information content (AvgIpc) is 3.79. The van der Waals surface area contributed by atoms with Crippen LogP contribution in [0.15, 0.2) is 60.9 Å². The number of alkyl halides is 3. The molecule has 4 atom stereocenters. The highest BCUT2D eigenvalue weighted by atomic mass is 19.4. The van der Waals surface area contributed by atoms with Gasteiger partial charge in [-0.1, -0.05) is 23.4 Å². The topological polar surface area (TPSA) is 114 Å². The maximum absolute atomic E-state index is 13.9. The first kappa shape index (κ1) is 30.5. The molecule has 2 amide bonds.